The average molecular weight is 794 g/mol. The van der Waals surface area contributed by atoms with Crippen molar-refractivity contribution in [2.75, 3.05) is 28.4 Å². The van der Waals surface area contributed by atoms with Crippen LogP contribution in [0.15, 0.2) is 127 Å². The molecule has 7 aromatic rings. The third kappa shape index (κ3) is 7.10. The Kier molecular flexibility index (Phi) is 10.2. The molecule has 2 aliphatic rings. The van der Waals surface area contributed by atoms with Gasteiger partial charge in [-0.05, 0) is 132 Å². The van der Waals surface area contributed by atoms with Crippen LogP contribution in [0.25, 0.3) is 85.4 Å². The molecular weight excluding hydrogens is 755 g/mol. The second-order valence-electron chi connectivity index (χ2n) is 13.4. The first-order valence-electron chi connectivity index (χ1n) is 18.3. The molecule has 1 N–H and O–H groups in total. The number of fused-ring (bicyclic) bond motifs is 8. The van der Waals surface area contributed by atoms with Crippen LogP contribution in [0.4, 0.5) is 0 Å². The fourth-order valence-corrected chi connectivity index (χ4v) is 7.43. The fraction of sp³-hybridized carbons (Fsp3) is 0.0833. The largest absolute Gasteiger partial charge is 0.497 e. The smallest absolute Gasteiger partial charge is 0.119 e. The van der Waals surface area contributed by atoms with Gasteiger partial charge in [-0.15, -0.1) is 0 Å². The topological polar surface area (TPSA) is 83.4 Å². The Morgan fingerprint density at radius 3 is 1.37 bits per heavy atom. The van der Waals surface area contributed by atoms with Crippen molar-refractivity contribution >= 4 is 46.4 Å². The quantitative estimate of drug-likeness (QED) is 0.154. The molecule has 0 aliphatic carbocycles. The average Bonchev–Trinajstić information content (AvgIpc) is 4.06. The monoisotopic (exact) mass is 792 g/mol. The van der Waals surface area contributed by atoms with E-state index in [9.17, 15) is 0 Å². The molecular formula is C48H38N4NiO4. The molecule has 0 radical (unpaired) electrons. The van der Waals surface area contributed by atoms with Crippen LogP contribution in [0, 0.1) is 0 Å². The van der Waals surface area contributed by atoms with E-state index in [4.69, 9.17) is 28.9 Å². The number of aromatic amines is 1. The standard InChI is InChI=1S/C48H38N4O4.Ni/c1-53-39-18-5-30(6-19-39)45-43-26-15-36(51-43)28-35-12-11-33(49-35)27-34-13-14-37(50-34)29-44-46(31-7-20-40(54-2)21-8-31)47(32-9-22-41(55-3)23-10-32)48(45)52(44)38-16-24-42(56-4)25-17-38;/h5-29,49H,1-4H3;. The van der Waals surface area contributed by atoms with Crippen molar-refractivity contribution in [1.29, 1.82) is 0 Å². The normalized spacial score (nSPS) is 11.6. The third-order valence-corrected chi connectivity index (χ3v) is 10.1. The van der Waals surface area contributed by atoms with E-state index in [-0.39, 0.29) is 16.5 Å². The van der Waals surface area contributed by atoms with Gasteiger partial charge in [-0.25, -0.2) is 9.97 Å². The van der Waals surface area contributed by atoms with Gasteiger partial charge in [0.15, 0.2) is 0 Å². The summed E-state index contributed by atoms with van der Waals surface area (Å²) < 4.78 is 24.9. The zero-order valence-electron chi connectivity index (χ0n) is 31.7. The summed E-state index contributed by atoms with van der Waals surface area (Å²) >= 11 is 0. The van der Waals surface area contributed by atoms with Crippen molar-refractivity contribution in [1.82, 2.24) is 19.5 Å². The molecule has 2 aliphatic heterocycles. The van der Waals surface area contributed by atoms with Crippen molar-refractivity contribution in [2.24, 2.45) is 0 Å². The van der Waals surface area contributed by atoms with Crippen LogP contribution in [-0.2, 0) is 16.5 Å². The van der Waals surface area contributed by atoms with Gasteiger partial charge in [-0.1, -0.05) is 36.4 Å². The molecule has 0 saturated heterocycles. The summed E-state index contributed by atoms with van der Waals surface area (Å²) in [6.45, 7) is 0. The summed E-state index contributed by atoms with van der Waals surface area (Å²) in [4.78, 5) is 14.0. The summed E-state index contributed by atoms with van der Waals surface area (Å²) in [6, 6.07) is 43.3. The SMILES string of the molecule is COc1ccc(-c2c(-c3ccc(OC)cc3)c3c(-c4ccc(OC)cc4)c4nc(cc5ccc(cc6nc(cc2n3-c2ccc(OC)cc2)C=C6)[nH]5)C=C4)cc1.[Ni]. The van der Waals surface area contributed by atoms with Crippen LogP contribution in [0.1, 0.15) is 22.8 Å². The molecule has 9 heteroatoms. The zero-order chi connectivity index (χ0) is 38.2. The number of hydrogen-bond donors (Lipinski definition) is 1. The van der Waals surface area contributed by atoms with Crippen molar-refractivity contribution in [2.45, 2.75) is 0 Å². The Labute approximate surface area is 340 Å². The minimum absolute atomic E-state index is 0. The first-order valence-corrected chi connectivity index (χ1v) is 18.3. The molecule has 4 aromatic carbocycles. The maximum absolute atomic E-state index is 5.65. The number of ether oxygens (including phenoxy) is 4. The van der Waals surface area contributed by atoms with Crippen molar-refractivity contribution < 1.29 is 35.4 Å². The van der Waals surface area contributed by atoms with Gasteiger partial charge < -0.3 is 28.5 Å². The molecule has 0 spiro atoms. The molecule has 9 rings (SSSR count). The fourth-order valence-electron chi connectivity index (χ4n) is 7.43. The van der Waals surface area contributed by atoms with E-state index in [1.165, 1.54) is 0 Å². The molecule has 57 heavy (non-hydrogen) atoms. The Morgan fingerprint density at radius 2 is 0.860 bits per heavy atom. The van der Waals surface area contributed by atoms with Gasteiger partial charge in [0.25, 0.3) is 0 Å². The molecule has 0 saturated carbocycles. The number of methoxy groups -OCH3 is 4. The van der Waals surface area contributed by atoms with Gasteiger partial charge in [0, 0.05) is 49.9 Å². The van der Waals surface area contributed by atoms with E-state index >= 15 is 0 Å². The first kappa shape index (κ1) is 37.1. The maximum Gasteiger partial charge on any atom is 0.119 e. The molecule has 8 nitrogen and oxygen atoms in total. The van der Waals surface area contributed by atoms with E-state index < -0.39 is 0 Å². The Bertz CT molecular complexity index is 2820. The van der Waals surface area contributed by atoms with Gasteiger partial charge in [0.05, 0.1) is 62.2 Å². The Hall–Kier alpha value is -6.83. The van der Waals surface area contributed by atoms with Crippen LogP contribution in [-0.4, -0.2) is 48.0 Å². The number of aromatic nitrogens is 4. The zero-order valence-corrected chi connectivity index (χ0v) is 32.7. The second-order valence-corrected chi connectivity index (χ2v) is 13.4. The maximum atomic E-state index is 5.65. The van der Waals surface area contributed by atoms with Crippen molar-refractivity contribution in [3.8, 4) is 62.1 Å². The van der Waals surface area contributed by atoms with Crippen molar-refractivity contribution in [3.05, 3.63) is 150 Å². The predicted molar refractivity (Wildman–Crippen MR) is 226 cm³/mol. The summed E-state index contributed by atoms with van der Waals surface area (Å²) in [5, 5.41) is 0. The van der Waals surface area contributed by atoms with E-state index in [1.54, 1.807) is 28.4 Å². The molecule has 284 valence electrons. The molecule has 0 atom stereocenters. The Balaban J connectivity index is 0.00000455. The van der Waals surface area contributed by atoms with Crippen LogP contribution < -0.4 is 18.9 Å². The number of hydrogen-bond acceptors (Lipinski definition) is 6. The van der Waals surface area contributed by atoms with Gasteiger partial charge in [0.2, 0.25) is 0 Å². The summed E-state index contributed by atoms with van der Waals surface area (Å²) in [5.41, 5.74) is 14.0. The van der Waals surface area contributed by atoms with Gasteiger partial charge >= 0.3 is 0 Å². The number of H-pyrrole nitrogens is 1. The van der Waals surface area contributed by atoms with Crippen LogP contribution in [0.2, 0.25) is 0 Å². The van der Waals surface area contributed by atoms with Crippen LogP contribution in [0.3, 0.4) is 0 Å². The first-order chi connectivity index (χ1) is 27.5. The number of benzene rings is 4. The van der Waals surface area contributed by atoms with E-state index in [2.05, 4.69) is 107 Å². The second kappa shape index (κ2) is 15.7. The summed E-state index contributed by atoms with van der Waals surface area (Å²) in [7, 11) is 6.74. The summed E-state index contributed by atoms with van der Waals surface area (Å²) in [6.07, 6.45) is 8.28. The van der Waals surface area contributed by atoms with E-state index in [0.717, 1.165) is 107 Å². The van der Waals surface area contributed by atoms with E-state index in [1.807, 2.05) is 54.6 Å². The molecule has 8 bridgehead atoms. The molecule has 0 amide bonds. The van der Waals surface area contributed by atoms with E-state index in [0.29, 0.717) is 0 Å². The van der Waals surface area contributed by atoms with Crippen LogP contribution in [0.5, 0.6) is 23.0 Å². The molecule has 0 unspecified atom stereocenters. The predicted octanol–water partition coefficient (Wildman–Crippen LogP) is 11.2. The van der Waals surface area contributed by atoms with Gasteiger partial charge in [0.1, 0.15) is 23.0 Å². The molecule has 0 fully saturated rings. The number of nitrogens with zero attached hydrogens (tertiary/aromatic N) is 3. The van der Waals surface area contributed by atoms with Gasteiger partial charge in [-0.3, -0.25) is 0 Å². The van der Waals surface area contributed by atoms with Crippen molar-refractivity contribution in [3.63, 3.8) is 0 Å². The number of rotatable bonds is 8. The molecule has 5 heterocycles. The number of nitrogens with one attached hydrogen (secondary N) is 1. The summed E-state index contributed by atoms with van der Waals surface area (Å²) in [5.74, 6) is 3.06. The minimum Gasteiger partial charge on any atom is -0.497 e. The molecule has 3 aromatic heterocycles. The van der Waals surface area contributed by atoms with Crippen LogP contribution >= 0.6 is 0 Å². The minimum atomic E-state index is 0. The third-order valence-electron chi connectivity index (χ3n) is 10.1. The Morgan fingerprint density at radius 1 is 0.439 bits per heavy atom. The van der Waals surface area contributed by atoms with Gasteiger partial charge in [-0.2, -0.15) is 0 Å².